The number of rotatable bonds is 3. The lowest BCUT2D eigenvalue weighted by Crippen LogP contribution is -2.49. The minimum atomic E-state index is -0.508. The third-order valence-electron chi connectivity index (χ3n) is 5.82. The molecule has 0 saturated heterocycles. The molecule has 0 bridgehead atoms. The maximum Gasteiger partial charge on any atom is 0.184 e. The predicted octanol–water partition coefficient (Wildman–Crippen LogP) is 6.09. The van der Waals surface area contributed by atoms with Crippen LogP contribution in [0, 0.1) is 5.41 Å². The fourth-order valence-corrected chi connectivity index (χ4v) is 4.82. The zero-order valence-corrected chi connectivity index (χ0v) is 16.7. The monoisotopic (exact) mass is 390 g/mol. The van der Waals surface area contributed by atoms with Gasteiger partial charge in [0.2, 0.25) is 0 Å². The van der Waals surface area contributed by atoms with Crippen LogP contribution in [0.5, 0.6) is 5.75 Å². The first-order valence-electron chi connectivity index (χ1n) is 8.90. The van der Waals surface area contributed by atoms with Crippen LogP contribution in [0.1, 0.15) is 70.2 Å². The molecular formula is C21H27BrO2. The summed E-state index contributed by atoms with van der Waals surface area (Å²) in [4.78, 5) is 12.4. The molecule has 1 heterocycles. The normalized spacial score (nSPS) is 29.2. The van der Waals surface area contributed by atoms with Crippen LogP contribution in [0.3, 0.4) is 0 Å². The Morgan fingerprint density at radius 3 is 2.67 bits per heavy atom. The first-order valence-corrected chi connectivity index (χ1v) is 9.82. The predicted molar refractivity (Wildman–Crippen MR) is 102 cm³/mol. The number of carbonyl (C=O) groups excluding carboxylic acids is 1. The van der Waals surface area contributed by atoms with E-state index < -0.39 is 5.60 Å². The standard InChI is InChI=1S/C21H27BrO2/c1-14-8-7-12-20(2,3)16(14)11-13-21(4)19(22)18(23)15-9-5-6-10-17(15)24-21/h5-6,9-10,19H,7-8,11-13H2,1-4H3. The fourth-order valence-electron chi connectivity index (χ4n) is 4.25. The van der Waals surface area contributed by atoms with E-state index in [0.29, 0.717) is 11.3 Å². The van der Waals surface area contributed by atoms with Crippen LogP contribution in [0.25, 0.3) is 0 Å². The Morgan fingerprint density at radius 1 is 1.25 bits per heavy atom. The van der Waals surface area contributed by atoms with Gasteiger partial charge in [-0.1, -0.05) is 53.1 Å². The molecule has 24 heavy (non-hydrogen) atoms. The molecule has 3 heteroatoms. The number of hydrogen-bond acceptors (Lipinski definition) is 2. The molecule has 1 aliphatic heterocycles. The molecule has 2 unspecified atom stereocenters. The van der Waals surface area contributed by atoms with Crippen LogP contribution < -0.4 is 4.74 Å². The molecule has 3 rings (SSSR count). The highest BCUT2D eigenvalue weighted by molar-refractivity contribution is 9.10. The lowest BCUT2D eigenvalue weighted by molar-refractivity contribution is 0.0519. The second-order valence-electron chi connectivity index (χ2n) is 8.13. The van der Waals surface area contributed by atoms with Crippen molar-refractivity contribution in [3.63, 3.8) is 0 Å². The number of ether oxygens (including phenoxy) is 1. The molecule has 130 valence electrons. The minimum Gasteiger partial charge on any atom is -0.485 e. The molecule has 0 fully saturated rings. The van der Waals surface area contributed by atoms with E-state index in [1.54, 1.807) is 5.57 Å². The smallest absolute Gasteiger partial charge is 0.184 e. The van der Waals surface area contributed by atoms with E-state index in [9.17, 15) is 4.79 Å². The van der Waals surface area contributed by atoms with E-state index in [4.69, 9.17) is 4.74 Å². The van der Waals surface area contributed by atoms with Gasteiger partial charge in [0.25, 0.3) is 0 Å². The Hall–Kier alpha value is -1.09. The summed E-state index contributed by atoms with van der Waals surface area (Å²) in [6.45, 7) is 9.03. The number of carbonyl (C=O) groups is 1. The Balaban J connectivity index is 1.84. The molecule has 1 aromatic carbocycles. The van der Waals surface area contributed by atoms with Gasteiger partial charge in [-0.3, -0.25) is 4.79 Å². The number of fused-ring (bicyclic) bond motifs is 1. The molecule has 0 aromatic heterocycles. The van der Waals surface area contributed by atoms with Gasteiger partial charge in [-0.25, -0.2) is 0 Å². The summed E-state index contributed by atoms with van der Waals surface area (Å²) in [5, 5.41) is 0. The van der Waals surface area contributed by atoms with Crippen LogP contribution in [0.4, 0.5) is 0 Å². The van der Waals surface area contributed by atoms with Gasteiger partial charge >= 0.3 is 0 Å². The summed E-state index contributed by atoms with van der Waals surface area (Å²) in [7, 11) is 0. The van der Waals surface area contributed by atoms with Crippen molar-refractivity contribution in [1.82, 2.24) is 0 Å². The summed E-state index contributed by atoms with van der Waals surface area (Å²) in [6, 6.07) is 7.57. The van der Waals surface area contributed by atoms with Crippen molar-refractivity contribution >= 4 is 21.7 Å². The molecule has 2 nitrogen and oxygen atoms in total. The molecule has 0 saturated carbocycles. The Morgan fingerprint density at radius 2 is 1.96 bits per heavy atom. The van der Waals surface area contributed by atoms with Crippen LogP contribution in [0.15, 0.2) is 35.4 Å². The summed E-state index contributed by atoms with van der Waals surface area (Å²) in [5.41, 5.74) is 3.53. The molecule has 0 spiro atoms. The number of allylic oxidation sites excluding steroid dienone is 2. The van der Waals surface area contributed by atoms with Gasteiger partial charge in [0, 0.05) is 0 Å². The third-order valence-corrected chi connectivity index (χ3v) is 7.20. The largest absolute Gasteiger partial charge is 0.485 e. The number of para-hydroxylation sites is 1. The quantitative estimate of drug-likeness (QED) is 0.460. The van der Waals surface area contributed by atoms with E-state index in [1.807, 2.05) is 24.3 Å². The van der Waals surface area contributed by atoms with Gasteiger partial charge in [0.15, 0.2) is 5.78 Å². The number of benzene rings is 1. The van der Waals surface area contributed by atoms with Gasteiger partial charge in [0.1, 0.15) is 16.2 Å². The van der Waals surface area contributed by atoms with Crippen molar-refractivity contribution in [3.05, 3.63) is 41.0 Å². The van der Waals surface area contributed by atoms with Crippen molar-refractivity contribution in [3.8, 4) is 5.75 Å². The number of halogens is 1. The second-order valence-corrected chi connectivity index (χ2v) is 9.05. The van der Waals surface area contributed by atoms with Gasteiger partial charge in [-0.05, 0) is 63.5 Å². The second kappa shape index (κ2) is 6.33. The summed E-state index contributed by atoms with van der Waals surface area (Å²) in [5.74, 6) is 0.849. The van der Waals surface area contributed by atoms with E-state index in [0.717, 1.165) is 12.8 Å². The van der Waals surface area contributed by atoms with E-state index >= 15 is 0 Å². The average Bonchev–Trinajstić information content (AvgIpc) is 2.52. The highest BCUT2D eigenvalue weighted by atomic mass is 79.9. The Bertz CT molecular complexity index is 689. The van der Waals surface area contributed by atoms with Crippen LogP contribution in [-0.4, -0.2) is 16.2 Å². The van der Waals surface area contributed by atoms with E-state index in [-0.39, 0.29) is 16.0 Å². The van der Waals surface area contributed by atoms with Crippen LogP contribution in [-0.2, 0) is 0 Å². The molecular weight excluding hydrogens is 364 g/mol. The lowest BCUT2D eigenvalue weighted by Gasteiger charge is -2.41. The summed E-state index contributed by atoms with van der Waals surface area (Å²) in [6.07, 6.45) is 5.57. The first-order chi connectivity index (χ1) is 11.2. The number of Topliss-reactive ketones (excluding diaryl/α,β-unsaturated/α-hetero) is 1. The van der Waals surface area contributed by atoms with Gasteiger partial charge < -0.3 is 4.74 Å². The van der Waals surface area contributed by atoms with Crippen molar-refractivity contribution < 1.29 is 9.53 Å². The average molecular weight is 391 g/mol. The zero-order valence-electron chi connectivity index (χ0n) is 15.1. The summed E-state index contributed by atoms with van der Waals surface area (Å²) >= 11 is 3.62. The van der Waals surface area contributed by atoms with Crippen LogP contribution in [0.2, 0.25) is 0 Å². The first kappa shape index (κ1) is 17.7. The fraction of sp³-hybridized carbons (Fsp3) is 0.571. The molecule has 1 aromatic rings. The van der Waals surface area contributed by atoms with Gasteiger partial charge in [-0.15, -0.1) is 0 Å². The molecule has 2 atom stereocenters. The highest BCUT2D eigenvalue weighted by Crippen LogP contribution is 2.45. The Labute approximate surface area is 153 Å². The third kappa shape index (κ3) is 3.08. The van der Waals surface area contributed by atoms with Crippen molar-refractivity contribution in [2.75, 3.05) is 0 Å². The SMILES string of the molecule is CC1=C(CCC2(C)Oc3ccccc3C(=O)C2Br)C(C)(C)CCC1. The maximum absolute atomic E-state index is 12.7. The van der Waals surface area contributed by atoms with E-state index in [1.165, 1.54) is 24.8 Å². The number of alkyl halides is 1. The van der Waals surface area contributed by atoms with Crippen molar-refractivity contribution in [2.24, 2.45) is 5.41 Å². The molecule has 1 aliphatic carbocycles. The molecule has 2 aliphatic rings. The molecule has 0 radical (unpaired) electrons. The van der Waals surface area contributed by atoms with Gasteiger partial charge in [0.05, 0.1) is 5.56 Å². The maximum atomic E-state index is 12.7. The number of hydrogen-bond donors (Lipinski definition) is 0. The Kier molecular flexibility index (Phi) is 4.67. The molecule has 0 amide bonds. The van der Waals surface area contributed by atoms with Gasteiger partial charge in [-0.2, -0.15) is 0 Å². The van der Waals surface area contributed by atoms with Crippen molar-refractivity contribution in [1.29, 1.82) is 0 Å². The molecule has 0 N–H and O–H groups in total. The summed E-state index contributed by atoms with van der Waals surface area (Å²) < 4.78 is 6.31. The zero-order chi connectivity index (χ0) is 17.5. The van der Waals surface area contributed by atoms with Crippen molar-refractivity contribution in [2.45, 2.75) is 70.2 Å². The topological polar surface area (TPSA) is 26.3 Å². The van der Waals surface area contributed by atoms with Crippen LogP contribution >= 0.6 is 15.9 Å². The minimum absolute atomic E-state index is 0.132. The van der Waals surface area contributed by atoms with E-state index in [2.05, 4.69) is 43.6 Å². The lowest BCUT2D eigenvalue weighted by atomic mass is 9.70. The number of ketones is 1. The highest BCUT2D eigenvalue weighted by Gasteiger charge is 2.45.